The lowest BCUT2D eigenvalue weighted by Gasteiger charge is -2.23. The Morgan fingerprint density at radius 2 is 1.83 bits per heavy atom. The van der Waals surface area contributed by atoms with Crippen LogP contribution in [0.25, 0.3) is 11.3 Å². The van der Waals surface area contributed by atoms with Gasteiger partial charge in [-0.25, -0.2) is 18.7 Å². The van der Waals surface area contributed by atoms with Crippen molar-refractivity contribution in [3.8, 4) is 17.0 Å². The van der Waals surface area contributed by atoms with E-state index in [1.165, 1.54) is 38.2 Å². The van der Waals surface area contributed by atoms with Gasteiger partial charge in [-0.1, -0.05) is 38.2 Å². The summed E-state index contributed by atoms with van der Waals surface area (Å²) in [5.74, 6) is -0.912. The van der Waals surface area contributed by atoms with Crippen LogP contribution in [0.4, 0.5) is 14.6 Å². The number of nitrogens with zero attached hydrogens (tertiary/aromatic N) is 2. The number of aromatic nitrogens is 2. The molecule has 1 fully saturated rings. The molecule has 2 aromatic carbocycles. The third-order valence-corrected chi connectivity index (χ3v) is 7.14. The van der Waals surface area contributed by atoms with E-state index in [4.69, 9.17) is 9.97 Å². The second-order valence-electron chi connectivity index (χ2n) is 9.67. The van der Waals surface area contributed by atoms with Gasteiger partial charge in [0.2, 0.25) is 5.91 Å². The van der Waals surface area contributed by atoms with Gasteiger partial charge in [-0.3, -0.25) is 4.79 Å². The van der Waals surface area contributed by atoms with Gasteiger partial charge >= 0.3 is 0 Å². The number of nitrogens with one attached hydrogen (secondary N) is 1. The van der Waals surface area contributed by atoms with Crippen molar-refractivity contribution in [2.75, 3.05) is 5.32 Å². The standard InChI is InChI=1S/C28H29F2N3O2/c29-22-11-6-18(14-23(22)30)15-26(35)33-28-25(12-7-17-4-2-1-3-5-17)31-27-21-10-9-20(34)16-19(21)8-13-24(27)32-28/h6,9-11,14,16-17,34H,1-5,7-8,12-13,15H2,(H,32,33,35). The van der Waals surface area contributed by atoms with Crippen LogP contribution >= 0.6 is 0 Å². The number of hydrogen-bond acceptors (Lipinski definition) is 4. The van der Waals surface area contributed by atoms with Gasteiger partial charge in [-0.2, -0.15) is 0 Å². The molecule has 35 heavy (non-hydrogen) atoms. The maximum Gasteiger partial charge on any atom is 0.229 e. The topological polar surface area (TPSA) is 75.1 Å². The molecule has 7 heteroatoms. The number of phenols is 1. The second-order valence-corrected chi connectivity index (χ2v) is 9.67. The molecule has 2 N–H and O–H groups in total. The van der Waals surface area contributed by atoms with Crippen LogP contribution in [-0.4, -0.2) is 21.0 Å². The third-order valence-electron chi connectivity index (χ3n) is 7.14. The van der Waals surface area contributed by atoms with Crippen molar-refractivity contribution < 1.29 is 18.7 Å². The Morgan fingerprint density at radius 3 is 2.63 bits per heavy atom. The molecule has 0 aliphatic heterocycles. The average molecular weight is 478 g/mol. The summed E-state index contributed by atoms with van der Waals surface area (Å²) in [6, 6.07) is 8.80. The van der Waals surface area contributed by atoms with Crippen LogP contribution in [0, 0.1) is 17.6 Å². The lowest BCUT2D eigenvalue weighted by molar-refractivity contribution is -0.115. The highest BCUT2D eigenvalue weighted by Gasteiger charge is 2.24. The Kier molecular flexibility index (Phi) is 6.75. The third kappa shape index (κ3) is 5.34. The van der Waals surface area contributed by atoms with Crippen LogP contribution in [0.2, 0.25) is 0 Å². The van der Waals surface area contributed by atoms with Crippen LogP contribution < -0.4 is 5.32 Å². The van der Waals surface area contributed by atoms with Crippen molar-refractivity contribution in [1.29, 1.82) is 0 Å². The Morgan fingerprint density at radius 1 is 1.00 bits per heavy atom. The smallest absolute Gasteiger partial charge is 0.229 e. The number of phenolic OH excluding ortho intramolecular Hbond substituents is 1. The van der Waals surface area contributed by atoms with Crippen molar-refractivity contribution in [1.82, 2.24) is 9.97 Å². The molecule has 3 aromatic rings. The van der Waals surface area contributed by atoms with Gasteiger partial charge in [0.05, 0.1) is 23.5 Å². The molecule has 0 saturated heterocycles. The normalized spacial score (nSPS) is 15.4. The van der Waals surface area contributed by atoms with Crippen molar-refractivity contribution in [2.24, 2.45) is 5.92 Å². The minimum atomic E-state index is -0.971. The van der Waals surface area contributed by atoms with E-state index in [-0.39, 0.29) is 18.1 Å². The Balaban J connectivity index is 1.42. The highest BCUT2D eigenvalue weighted by molar-refractivity contribution is 5.92. The molecule has 5 rings (SSSR count). The highest BCUT2D eigenvalue weighted by atomic mass is 19.2. The first kappa shape index (κ1) is 23.4. The number of halogens is 2. The van der Waals surface area contributed by atoms with Crippen molar-refractivity contribution >= 4 is 11.7 Å². The number of rotatable bonds is 6. The van der Waals surface area contributed by atoms with Crippen molar-refractivity contribution in [3.05, 3.63) is 70.5 Å². The molecule has 5 nitrogen and oxygen atoms in total. The van der Waals surface area contributed by atoms with Crippen LogP contribution in [0.3, 0.4) is 0 Å². The molecule has 1 aromatic heterocycles. The number of benzene rings is 2. The molecule has 0 unspecified atom stereocenters. The fourth-order valence-electron chi connectivity index (χ4n) is 5.27. The Labute approximate surface area is 203 Å². The molecule has 1 saturated carbocycles. The molecule has 1 heterocycles. The minimum Gasteiger partial charge on any atom is -0.508 e. The minimum absolute atomic E-state index is 0.0832. The van der Waals surface area contributed by atoms with Gasteiger partial charge in [-0.15, -0.1) is 0 Å². The predicted molar refractivity (Wildman–Crippen MR) is 130 cm³/mol. The number of aryl methyl sites for hydroxylation is 3. The van der Waals surface area contributed by atoms with E-state index in [2.05, 4.69) is 5.32 Å². The van der Waals surface area contributed by atoms with E-state index in [0.29, 0.717) is 30.1 Å². The van der Waals surface area contributed by atoms with Gasteiger partial charge in [0.25, 0.3) is 0 Å². The fourth-order valence-corrected chi connectivity index (χ4v) is 5.27. The number of carbonyl (C=O) groups is 1. The summed E-state index contributed by atoms with van der Waals surface area (Å²) < 4.78 is 26.8. The number of hydrogen-bond donors (Lipinski definition) is 2. The molecule has 0 radical (unpaired) electrons. The molecule has 0 atom stereocenters. The number of carbonyl (C=O) groups excluding carboxylic acids is 1. The lowest BCUT2D eigenvalue weighted by atomic mass is 9.85. The van der Waals surface area contributed by atoms with Crippen LogP contribution in [0.1, 0.15) is 61.0 Å². The van der Waals surface area contributed by atoms with Gasteiger partial charge in [0.15, 0.2) is 17.5 Å². The molecular weight excluding hydrogens is 448 g/mol. The summed E-state index contributed by atoms with van der Waals surface area (Å²) in [5, 5.41) is 12.8. The van der Waals surface area contributed by atoms with Crippen molar-refractivity contribution in [2.45, 2.75) is 64.2 Å². The zero-order chi connectivity index (χ0) is 24.4. The Hall–Kier alpha value is -3.35. The first-order valence-corrected chi connectivity index (χ1v) is 12.4. The van der Waals surface area contributed by atoms with E-state index in [9.17, 15) is 18.7 Å². The van der Waals surface area contributed by atoms with Gasteiger partial charge < -0.3 is 10.4 Å². The Bertz CT molecular complexity index is 1260. The maximum atomic E-state index is 13.6. The van der Waals surface area contributed by atoms with Crippen molar-refractivity contribution in [3.63, 3.8) is 0 Å². The van der Waals surface area contributed by atoms with Gasteiger partial charge in [-0.05, 0) is 73.1 Å². The number of fused-ring (bicyclic) bond motifs is 3. The average Bonchev–Trinajstić information content (AvgIpc) is 2.85. The summed E-state index contributed by atoms with van der Waals surface area (Å²) >= 11 is 0. The molecule has 2 aliphatic rings. The van der Waals surface area contributed by atoms with Crippen LogP contribution in [-0.2, 0) is 30.5 Å². The van der Waals surface area contributed by atoms with E-state index in [1.54, 1.807) is 12.1 Å². The largest absolute Gasteiger partial charge is 0.508 e. The summed E-state index contributed by atoms with van der Waals surface area (Å²) in [6.07, 6.45) is 9.26. The molecule has 182 valence electrons. The number of aromatic hydroxyl groups is 1. The SMILES string of the molecule is O=C(Cc1ccc(F)c(F)c1)Nc1nc2c(nc1CCC1CCCCC1)-c1ccc(O)cc1CC2. The summed E-state index contributed by atoms with van der Waals surface area (Å²) in [7, 11) is 0. The highest BCUT2D eigenvalue weighted by Crippen LogP contribution is 2.35. The molecule has 2 aliphatic carbocycles. The number of amides is 1. The first-order valence-electron chi connectivity index (χ1n) is 12.4. The lowest BCUT2D eigenvalue weighted by Crippen LogP contribution is -2.20. The van der Waals surface area contributed by atoms with Crippen LogP contribution in [0.15, 0.2) is 36.4 Å². The monoisotopic (exact) mass is 477 g/mol. The molecular formula is C28H29F2N3O2. The zero-order valence-corrected chi connectivity index (χ0v) is 19.6. The second kappa shape index (κ2) is 10.1. The maximum absolute atomic E-state index is 13.6. The number of anilines is 1. The van der Waals surface area contributed by atoms with E-state index in [0.717, 1.165) is 53.2 Å². The van der Waals surface area contributed by atoms with E-state index >= 15 is 0 Å². The van der Waals surface area contributed by atoms with E-state index < -0.39 is 11.6 Å². The summed E-state index contributed by atoms with van der Waals surface area (Å²) in [4.78, 5) is 22.6. The first-order chi connectivity index (χ1) is 17.0. The summed E-state index contributed by atoms with van der Waals surface area (Å²) in [6.45, 7) is 0. The molecule has 0 spiro atoms. The van der Waals surface area contributed by atoms with Gasteiger partial charge in [0, 0.05) is 5.56 Å². The fraction of sp³-hybridized carbons (Fsp3) is 0.393. The molecule has 1 amide bonds. The van der Waals surface area contributed by atoms with E-state index in [1.807, 2.05) is 6.07 Å². The quantitative estimate of drug-likeness (QED) is 0.462. The van der Waals surface area contributed by atoms with Gasteiger partial charge in [0.1, 0.15) is 5.75 Å². The summed E-state index contributed by atoms with van der Waals surface area (Å²) in [5.41, 5.74) is 4.77. The zero-order valence-electron chi connectivity index (χ0n) is 19.6. The van der Waals surface area contributed by atoms with Crippen LogP contribution in [0.5, 0.6) is 5.75 Å². The predicted octanol–water partition coefficient (Wildman–Crippen LogP) is 5.92. The molecule has 0 bridgehead atoms.